The van der Waals surface area contributed by atoms with Crippen LogP contribution in [0.25, 0.3) is 0 Å². The minimum absolute atomic E-state index is 0.0621. The van der Waals surface area contributed by atoms with Crippen LogP contribution in [0.1, 0.15) is 30.4 Å². The quantitative estimate of drug-likeness (QED) is 0.594. The molecule has 0 spiro atoms. The van der Waals surface area contributed by atoms with Gasteiger partial charge in [0, 0.05) is 36.2 Å². The lowest BCUT2D eigenvalue weighted by Gasteiger charge is -2.40. The first kappa shape index (κ1) is 22.9. The van der Waals surface area contributed by atoms with Crippen molar-refractivity contribution in [1.29, 1.82) is 0 Å². The molecule has 1 heterocycles. The molecule has 2 aromatic carbocycles. The van der Waals surface area contributed by atoms with Gasteiger partial charge in [0.2, 0.25) is 11.8 Å². The van der Waals surface area contributed by atoms with Gasteiger partial charge in [0.05, 0.1) is 18.6 Å². The van der Waals surface area contributed by atoms with Crippen molar-refractivity contribution >= 4 is 11.8 Å². The van der Waals surface area contributed by atoms with Crippen molar-refractivity contribution in [3.8, 4) is 5.75 Å². The van der Waals surface area contributed by atoms with Gasteiger partial charge in [-0.25, -0.2) is 4.39 Å². The first-order chi connectivity index (χ1) is 16.0. The van der Waals surface area contributed by atoms with Crippen LogP contribution >= 0.6 is 0 Å². The highest BCUT2D eigenvalue weighted by atomic mass is 19.1. The van der Waals surface area contributed by atoms with Crippen LogP contribution in [0.15, 0.2) is 60.2 Å². The third kappa shape index (κ3) is 4.36. The van der Waals surface area contributed by atoms with E-state index >= 15 is 0 Å². The van der Waals surface area contributed by atoms with Crippen molar-refractivity contribution in [2.45, 2.75) is 44.1 Å². The Morgan fingerprint density at radius 3 is 2.61 bits per heavy atom. The van der Waals surface area contributed by atoms with Crippen molar-refractivity contribution in [2.24, 2.45) is 0 Å². The van der Waals surface area contributed by atoms with Crippen LogP contribution in [0.5, 0.6) is 5.75 Å². The number of nitrogens with one attached hydrogen (secondary N) is 1. The first-order valence-electron chi connectivity index (χ1n) is 11.0. The van der Waals surface area contributed by atoms with Gasteiger partial charge in [-0.05, 0) is 18.2 Å². The first-order valence-corrected chi connectivity index (χ1v) is 11.0. The Bertz CT molecular complexity index is 1070. The Morgan fingerprint density at radius 2 is 1.88 bits per heavy atom. The largest absolute Gasteiger partial charge is 0.486 e. The molecule has 0 aromatic heterocycles. The number of benzene rings is 2. The number of halogens is 1. The van der Waals surface area contributed by atoms with Gasteiger partial charge in [0.25, 0.3) is 0 Å². The Labute approximate surface area is 191 Å². The zero-order valence-electron chi connectivity index (χ0n) is 18.3. The predicted octanol–water partition coefficient (Wildman–Crippen LogP) is 1.89. The van der Waals surface area contributed by atoms with Crippen molar-refractivity contribution in [2.75, 3.05) is 13.2 Å². The number of amides is 2. The molecule has 8 heteroatoms. The summed E-state index contributed by atoms with van der Waals surface area (Å²) in [4.78, 5) is 27.4. The number of hydrogen-bond donors (Lipinski definition) is 3. The Hall–Kier alpha value is -3.23. The van der Waals surface area contributed by atoms with Gasteiger partial charge in [0.1, 0.15) is 23.8 Å². The van der Waals surface area contributed by atoms with Crippen molar-refractivity contribution < 1.29 is 28.9 Å². The molecule has 0 saturated heterocycles. The zero-order valence-corrected chi connectivity index (χ0v) is 18.3. The monoisotopic (exact) mass is 454 g/mol. The van der Waals surface area contributed by atoms with Crippen LogP contribution in [0, 0.1) is 5.82 Å². The van der Waals surface area contributed by atoms with Crippen molar-refractivity contribution in [3.63, 3.8) is 0 Å². The maximum absolute atomic E-state index is 14.4. The molecule has 0 fully saturated rings. The SMILES string of the molecule is CCC(=O)N(Cc1ccccc1F)C1C=C(C(=O)NCCO)C2c3ccccc3OC2C1O. The van der Waals surface area contributed by atoms with Gasteiger partial charge >= 0.3 is 0 Å². The summed E-state index contributed by atoms with van der Waals surface area (Å²) in [5.74, 6) is -1.12. The molecule has 2 aromatic rings. The van der Waals surface area contributed by atoms with Crippen LogP contribution in [-0.4, -0.2) is 58.3 Å². The minimum Gasteiger partial charge on any atom is -0.486 e. The Kier molecular flexibility index (Phi) is 6.76. The highest BCUT2D eigenvalue weighted by Crippen LogP contribution is 2.47. The fraction of sp³-hybridized carbons (Fsp3) is 0.360. The number of ether oxygens (including phenoxy) is 1. The molecule has 0 saturated carbocycles. The Morgan fingerprint density at radius 1 is 1.15 bits per heavy atom. The molecule has 2 amide bonds. The minimum atomic E-state index is -1.14. The second kappa shape index (κ2) is 9.72. The average Bonchev–Trinajstić information content (AvgIpc) is 3.22. The lowest BCUT2D eigenvalue weighted by Crippen LogP contribution is -2.55. The molecule has 7 nitrogen and oxygen atoms in total. The van der Waals surface area contributed by atoms with Crippen LogP contribution in [0.4, 0.5) is 4.39 Å². The summed E-state index contributed by atoms with van der Waals surface area (Å²) in [7, 11) is 0. The maximum atomic E-state index is 14.4. The molecule has 0 bridgehead atoms. The van der Waals surface area contributed by atoms with E-state index in [0.717, 1.165) is 5.56 Å². The second-order valence-corrected chi connectivity index (χ2v) is 8.15. The molecular formula is C25H27FN2O5. The number of hydrogen-bond acceptors (Lipinski definition) is 5. The molecule has 4 unspecified atom stereocenters. The van der Waals surface area contributed by atoms with E-state index in [0.29, 0.717) is 16.9 Å². The molecule has 4 rings (SSSR count). The normalized spacial score (nSPS) is 23.1. The molecular weight excluding hydrogens is 427 g/mol. The van der Waals surface area contributed by atoms with Gasteiger partial charge in [-0.2, -0.15) is 0 Å². The van der Waals surface area contributed by atoms with E-state index in [2.05, 4.69) is 5.32 Å². The fourth-order valence-electron chi connectivity index (χ4n) is 4.56. The van der Waals surface area contributed by atoms with E-state index in [1.165, 1.54) is 11.0 Å². The van der Waals surface area contributed by atoms with Gasteiger partial charge in [-0.15, -0.1) is 0 Å². The third-order valence-electron chi connectivity index (χ3n) is 6.16. The molecule has 174 valence electrons. The fourth-order valence-corrected chi connectivity index (χ4v) is 4.56. The van der Waals surface area contributed by atoms with Crippen molar-refractivity contribution in [3.05, 3.63) is 77.1 Å². The van der Waals surface area contributed by atoms with E-state index in [-0.39, 0.29) is 32.0 Å². The van der Waals surface area contributed by atoms with E-state index in [9.17, 15) is 19.1 Å². The standard InChI is InChI=1S/C25H27FN2O5/c1-2-21(30)28(14-15-7-3-5-9-18(15)26)19-13-17(25(32)27-11-12-29)22-16-8-4-6-10-20(16)33-24(22)23(19)31/h3-10,13,19,22-24,29,31H,2,11-12,14H2,1H3,(H,27,32). The van der Waals surface area contributed by atoms with E-state index in [1.807, 2.05) is 12.1 Å². The molecule has 1 aliphatic heterocycles. The van der Waals surface area contributed by atoms with E-state index in [1.54, 1.807) is 43.3 Å². The molecule has 1 aliphatic carbocycles. The third-order valence-corrected chi connectivity index (χ3v) is 6.16. The molecule has 3 N–H and O–H groups in total. The zero-order chi connectivity index (χ0) is 23.5. The number of para-hydroxylation sites is 1. The number of rotatable bonds is 7. The number of aliphatic hydroxyl groups excluding tert-OH is 2. The van der Waals surface area contributed by atoms with E-state index in [4.69, 9.17) is 9.84 Å². The molecule has 33 heavy (non-hydrogen) atoms. The Balaban J connectivity index is 1.76. The highest BCUT2D eigenvalue weighted by Gasteiger charge is 2.50. The number of nitrogens with zero attached hydrogens (tertiary/aromatic N) is 1. The highest BCUT2D eigenvalue weighted by molar-refractivity contribution is 5.96. The van der Waals surface area contributed by atoms with Crippen LogP contribution < -0.4 is 10.1 Å². The average molecular weight is 454 g/mol. The van der Waals surface area contributed by atoms with Gasteiger partial charge < -0.3 is 25.2 Å². The van der Waals surface area contributed by atoms with Crippen LogP contribution in [0.2, 0.25) is 0 Å². The second-order valence-electron chi connectivity index (χ2n) is 8.15. The van der Waals surface area contributed by atoms with E-state index < -0.39 is 35.9 Å². The van der Waals surface area contributed by atoms with Crippen molar-refractivity contribution in [1.82, 2.24) is 10.2 Å². The number of aliphatic hydroxyl groups is 2. The predicted molar refractivity (Wildman–Crippen MR) is 119 cm³/mol. The van der Waals surface area contributed by atoms with Gasteiger partial charge in [-0.3, -0.25) is 9.59 Å². The van der Waals surface area contributed by atoms with Gasteiger partial charge in [0.15, 0.2) is 0 Å². The van der Waals surface area contributed by atoms with Crippen LogP contribution in [-0.2, 0) is 16.1 Å². The van der Waals surface area contributed by atoms with Crippen LogP contribution in [0.3, 0.4) is 0 Å². The molecule has 0 radical (unpaired) electrons. The smallest absolute Gasteiger partial charge is 0.247 e. The summed E-state index contributed by atoms with van der Waals surface area (Å²) >= 11 is 0. The van der Waals surface area contributed by atoms with Gasteiger partial charge in [-0.1, -0.05) is 43.3 Å². The topological polar surface area (TPSA) is 99.1 Å². The summed E-state index contributed by atoms with van der Waals surface area (Å²) < 4.78 is 20.4. The lowest BCUT2D eigenvalue weighted by molar-refractivity contribution is -0.137. The summed E-state index contributed by atoms with van der Waals surface area (Å²) in [6.07, 6.45) is -0.204. The molecule has 4 atom stereocenters. The summed E-state index contributed by atoms with van der Waals surface area (Å²) in [6, 6.07) is 12.5. The number of carbonyl (C=O) groups is 2. The summed E-state index contributed by atoms with van der Waals surface area (Å²) in [6.45, 7) is 1.47. The summed E-state index contributed by atoms with van der Waals surface area (Å²) in [5.41, 5.74) is 1.42. The number of carbonyl (C=O) groups excluding carboxylic acids is 2. The maximum Gasteiger partial charge on any atom is 0.247 e. The number of fused-ring (bicyclic) bond motifs is 3. The lowest BCUT2D eigenvalue weighted by atomic mass is 9.77. The molecule has 2 aliphatic rings. The summed E-state index contributed by atoms with van der Waals surface area (Å²) in [5, 5.41) is 23.1.